The van der Waals surface area contributed by atoms with Gasteiger partial charge >= 0.3 is 0 Å². The van der Waals surface area contributed by atoms with Crippen LogP contribution in [-0.4, -0.2) is 16.0 Å². The monoisotopic (exact) mass is 404 g/mol. The summed E-state index contributed by atoms with van der Waals surface area (Å²) in [4.78, 5) is 17.5. The maximum absolute atomic E-state index is 14.1. The average Bonchev–Trinajstić information content (AvgIpc) is 3.37. The lowest BCUT2D eigenvalue weighted by molar-refractivity contribution is 0.102. The Hall–Kier alpha value is -3.83. The van der Waals surface area contributed by atoms with E-state index in [2.05, 4.69) is 15.5 Å². The number of amides is 1. The van der Waals surface area contributed by atoms with Crippen LogP contribution in [0.1, 0.15) is 21.5 Å². The summed E-state index contributed by atoms with van der Waals surface area (Å²) >= 11 is 1.31. The molecule has 0 fully saturated rings. The molecule has 0 saturated heterocycles. The zero-order valence-corrected chi connectivity index (χ0v) is 16.0. The Bertz CT molecular complexity index is 1240. The second kappa shape index (κ2) is 7.66. The number of hydrogen-bond donors (Lipinski definition) is 1. The Kier molecular flexibility index (Phi) is 4.89. The molecule has 0 saturated carbocycles. The van der Waals surface area contributed by atoms with Crippen molar-refractivity contribution >= 4 is 22.9 Å². The molecular formula is C21H13FN4O2S. The van der Waals surface area contributed by atoms with E-state index in [1.807, 2.05) is 37.3 Å². The number of halogens is 1. The van der Waals surface area contributed by atoms with E-state index < -0.39 is 11.7 Å². The Morgan fingerprint density at radius 2 is 2.00 bits per heavy atom. The standard InChI is InChI=1S/C21H13FN4O2S/c1-12-2-5-14(6-3-12)19-25-21(28-26-19)18-17(8-9-29-18)24-20(27)15-7-4-13(11-23)10-16(15)22/h2-10H,1H3,(H,24,27). The predicted octanol–water partition coefficient (Wildman–Crippen LogP) is 5.04. The average molecular weight is 404 g/mol. The molecule has 2 heterocycles. The van der Waals surface area contributed by atoms with Gasteiger partial charge in [-0.2, -0.15) is 10.2 Å². The second-order valence-corrected chi connectivity index (χ2v) is 7.13. The lowest BCUT2D eigenvalue weighted by atomic mass is 10.1. The lowest BCUT2D eigenvalue weighted by Gasteiger charge is -2.06. The maximum atomic E-state index is 14.1. The third kappa shape index (κ3) is 3.77. The first-order valence-corrected chi connectivity index (χ1v) is 9.43. The van der Waals surface area contributed by atoms with Crippen molar-refractivity contribution in [3.05, 3.63) is 76.4 Å². The molecule has 4 rings (SSSR count). The summed E-state index contributed by atoms with van der Waals surface area (Å²) in [5, 5.41) is 17.2. The van der Waals surface area contributed by atoms with Crippen LogP contribution >= 0.6 is 11.3 Å². The third-order valence-electron chi connectivity index (χ3n) is 4.19. The summed E-state index contributed by atoms with van der Waals surface area (Å²) in [6.07, 6.45) is 0. The summed E-state index contributed by atoms with van der Waals surface area (Å²) < 4.78 is 19.5. The number of aromatic nitrogens is 2. The van der Waals surface area contributed by atoms with Crippen molar-refractivity contribution in [1.82, 2.24) is 10.1 Å². The number of rotatable bonds is 4. The molecule has 0 atom stereocenters. The van der Waals surface area contributed by atoms with Crippen molar-refractivity contribution in [3.8, 4) is 28.2 Å². The van der Waals surface area contributed by atoms with E-state index in [1.54, 1.807) is 11.4 Å². The first kappa shape index (κ1) is 18.5. The molecule has 0 spiro atoms. The molecule has 6 nitrogen and oxygen atoms in total. The molecule has 0 aliphatic heterocycles. The molecule has 2 aromatic carbocycles. The summed E-state index contributed by atoms with van der Waals surface area (Å²) in [6, 6.07) is 14.9. The number of nitrogens with zero attached hydrogens (tertiary/aromatic N) is 3. The number of nitriles is 1. The minimum absolute atomic E-state index is 0.143. The molecule has 1 amide bonds. The number of carbonyl (C=O) groups excluding carboxylic acids is 1. The number of hydrogen-bond acceptors (Lipinski definition) is 6. The maximum Gasteiger partial charge on any atom is 0.270 e. The van der Waals surface area contributed by atoms with Crippen LogP contribution in [-0.2, 0) is 0 Å². The van der Waals surface area contributed by atoms with Crippen molar-refractivity contribution in [1.29, 1.82) is 5.26 Å². The van der Waals surface area contributed by atoms with Crippen LogP contribution in [0.25, 0.3) is 22.2 Å². The molecule has 0 unspecified atom stereocenters. The summed E-state index contributed by atoms with van der Waals surface area (Å²) in [7, 11) is 0. The van der Waals surface area contributed by atoms with Gasteiger partial charge in [0.2, 0.25) is 5.82 Å². The van der Waals surface area contributed by atoms with Gasteiger partial charge in [-0.3, -0.25) is 4.79 Å². The van der Waals surface area contributed by atoms with Gasteiger partial charge in [0.05, 0.1) is 22.9 Å². The predicted molar refractivity (Wildman–Crippen MR) is 107 cm³/mol. The molecule has 2 aromatic heterocycles. The molecule has 0 radical (unpaired) electrons. The van der Waals surface area contributed by atoms with E-state index in [0.717, 1.165) is 17.2 Å². The van der Waals surface area contributed by atoms with Gasteiger partial charge in [0.1, 0.15) is 10.7 Å². The van der Waals surface area contributed by atoms with Crippen molar-refractivity contribution in [2.24, 2.45) is 0 Å². The smallest absolute Gasteiger partial charge is 0.270 e. The SMILES string of the molecule is Cc1ccc(-c2noc(-c3sccc3NC(=O)c3ccc(C#N)cc3F)n2)cc1. The Labute approximate surface area is 169 Å². The fourth-order valence-corrected chi connectivity index (χ4v) is 3.44. The molecule has 29 heavy (non-hydrogen) atoms. The number of nitrogens with one attached hydrogen (secondary N) is 1. The zero-order valence-electron chi connectivity index (χ0n) is 15.1. The number of benzene rings is 2. The van der Waals surface area contributed by atoms with Crippen LogP contribution in [0.2, 0.25) is 0 Å². The highest BCUT2D eigenvalue weighted by Gasteiger charge is 2.19. The molecule has 0 aliphatic rings. The second-order valence-electron chi connectivity index (χ2n) is 6.21. The van der Waals surface area contributed by atoms with E-state index in [4.69, 9.17) is 9.78 Å². The highest BCUT2D eigenvalue weighted by Crippen LogP contribution is 2.34. The summed E-state index contributed by atoms with van der Waals surface area (Å²) in [5.74, 6) is -0.710. The summed E-state index contributed by atoms with van der Waals surface area (Å²) in [6.45, 7) is 1.99. The van der Waals surface area contributed by atoms with E-state index >= 15 is 0 Å². The fraction of sp³-hybridized carbons (Fsp3) is 0.0476. The topological polar surface area (TPSA) is 91.8 Å². The van der Waals surface area contributed by atoms with E-state index in [-0.39, 0.29) is 17.0 Å². The minimum atomic E-state index is -0.766. The van der Waals surface area contributed by atoms with Gasteiger partial charge < -0.3 is 9.84 Å². The molecular weight excluding hydrogens is 391 g/mol. The van der Waals surface area contributed by atoms with Crippen LogP contribution < -0.4 is 5.32 Å². The van der Waals surface area contributed by atoms with E-state index in [1.165, 1.54) is 23.5 Å². The molecule has 1 N–H and O–H groups in total. The zero-order chi connectivity index (χ0) is 20.4. The largest absolute Gasteiger partial charge is 0.333 e. The van der Waals surface area contributed by atoms with Crippen LogP contribution in [0.5, 0.6) is 0 Å². The fourth-order valence-electron chi connectivity index (χ4n) is 2.67. The Morgan fingerprint density at radius 3 is 2.72 bits per heavy atom. The van der Waals surface area contributed by atoms with Crippen LogP contribution in [0.15, 0.2) is 58.4 Å². The third-order valence-corrected chi connectivity index (χ3v) is 5.09. The lowest BCUT2D eigenvalue weighted by Crippen LogP contribution is -2.13. The van der Waals surface area contributed by atoms with Gasteiger partial charge in [-0.05, 0) is 36.6 Å². The first-order chi connectivity index (χ1) is 14.0. The van der Waals surface area contributed by atoms with Gasteiger partial charge in [-0.25, -0.2) is 4.39 Å². The molecule has 0 bridgehead atoms. The normalized spacial score (nSPS) is 10.5. The highest BCUT2D eigenvalue weighted by molar-refractivity contribution is 7.14. The minimum Gasteiger partial charge on any atom is -0.333 e. The highest BCUT2D eigenvalue weighted by atomic mass is 32.1. The van der Waals surface area contributed by atoms with E-state index in [9.17, 15) is 9.18 Å². The van der Waals surface area contributed by atoms with Gasteiger partial charge in [0.25, 0.3) is 11.8 Å². The van der Waals surface area contributed by atoms with Crippen LogP contribution in [0, 0.1) is 24.1 Å². The Morgan fingerprint density at radius 1 is 1.21 bits per heavy atom. The molecule has 4 aromatic rings. The van der Waals surface area contributed by atoms with Gasteiger partial charge in [0.15, 0.2) is 0 Å². The van der Waals surface area contributed by atoms with Crippen molar-refractivity contribution in [3.63, 3.8) is 0 Å². The van der Waals surface area contributed by atoms with Crippen molar-refractivity contribution in [2.75, 3.05) is 5.32 Å². The number of carbonyl (C=O) groups is 1. The van der Waals surface area contributed by atoms with Gasteiger partial charge in [-0.15, -0.1) is 11.3 Å². The summed E-state index contributed by atoms with van der Waals surface area (Å²) in [5.41, 5.74) is 2.35. The molecule has 0 aliphatic carbocycles. The molecule has 8 heteroatoms. The van der Waals surface area contributed by atoms with Crippen molar-refractivity contribution < 1.29 is 13.7 Å². The number of thiophene rings is 1. The first-order valence-electron chi connectivity index (χ1n) is 8.55. The quantitative estimate of drug-likeness (QED) is 0.515. The van der Waals surface area contributed by atoms with Crippen molar-refractivity contribution in [2.45, 2.75) is 6.92 Å². The Balaban J connectivity index is 1.59. The van der Waals surface area contributed by atoms with Crippen LogP contribution in [0.3, 0.4) is 0 Å². The van der Waals surface area contributed by atoms with E-state index in [0.29, 0.717) is 16.4 Å². The number of aryl methyl sites for hydroxylation is 1. The van der Waals surface area contributed by atoms with Gasteiger partial charge in [0, 0.05) is 5.56 Å². The van der Waals surface area contributed by atoms with Gasteiger partial charge in [-0.1, -0.05) is 35.0 Å². The van der Waals surface area contributed by atoms with Crippen LogP contribution in [0.4, 0.5) is 10.1 Å². The number of anilines is 1. The molecule has 142 valence electrons.